The normalized spacial score (nSPS) is 13.8. The van der Waals surface area contributed by atoms with Crippen molar-refractivity contribution in [1.29, 1.82) is 0 Å². The van der Waals surface area contributed by atoms with Gasteiger partial charge in [0.2, 0.25) is 5.91 Å². The number of rotatable bonds is 5. The van der Waals surface area contributed by atoms with Crippen LogP contribution >= 0.6 is 23.2 Å². The van der Waals surface area contributed by atoms with Crippen LogP contribution in [0.15, 0.2) is 42.5 Å². The Morgan fingerprint density at radius 1 is 1.16 bits per heavy atom. The van der Waals surface area contributed by atoms with E-state index in [4.69, 9.17) is 27.9 Å². The van der Waals surface area contributed by atoms with E-state index in [2.05, 4.69) is 5.32 Å². The molecular formula is C18H16Cl2N2O3. The molecule has 1 fully saturated rings. The Bertz CT molecular complexity index is 793. The second-order valence-corrected chi connectivity index (χ2v) is 6.45. The molecule has 3 rings (SSSR count). The number of anilines is 2. The summed E-state index contributed by atoms with van der Waals surface area (Å²) in [5.74, 6) is 0.312. The molecule has 5 nitrogen and oxygen atoms in total. The van der Waals surface area contributed by atoms with Crippen LogP contribution in [0.4, 0.5) is 11.4 Å². The summed E-state index contributed by atoms with van der Waals surface area (Å²) in [5, 5.41) is 3.74. The minimum Gasteiger partial charge on any atom is -0.484 e. The molecule has 2 amide bonds. The monoisotopic (exact) mass is 378 g/mol. The topological polar surface area (TPSA) is 58.6 Å². The Labute approximate surface area is 155 Å². The van der Waals surface area contributed by atoms with Crippen LogP contribution in [0.25, 0.3) is 0 Å². The van der Waals surface area contributed by atoms with Crippen LogP contribution in [0.3, 0.4) is 0 Å². The largest absolute Gasteiger partial charge is 0.484 e. The summed E-state index contributed by atoms with van der Waals surface area (Å²) in [6.07, 6.45) is 1.37. The lowest BCUT2D eigenvalue weighted by Crippen LogP contribution is -2.24. The van der Waals surface area contributed by atoms with E-state index < -0.39 is 0 Å². The summed E-state index contributed by atoms with van der Waals surface area (Å²) >= 11 is 12.1. The van der Waals surface area contributed by atoms with Crippen molar-refractivity contribution in [1.82, 2.24) is 0 Å². The van der Waals surface area contributed by atoms with Crippen molar-refractivity contribution < 1.29 is 14.3 Å². The summed E-state index contributed by atoms with van der Waals surface area (Å²) in [4.78, 5) is 25.5. The van der Waals surface area contributed by atoms with Crippen LogP contribution < -0.4 is 15.0 Å². The first-order valence-electron chi connectivity index (χ1n) is 7.81. The highest BCUT2D eigenvalue weighted by Gasteiger charge is 2.23. The quantitative estimate of drug-likeness (QED) is 0.850. The summed E-state index contributed by atoms with van der Waals surface area (Å²) in [5.41, 5.74) is 1.21. The van der Waals surface area contributed by atoms with Crippen molar-refractivity contribution in [2.24, 2.45) is 0 Å². The second-order valence-electron chi connectivity index (χ2n) is 5.61. The number of nitrogens with zero attached hydrogens (tertiary/aromatic N) is 1. The van der Waals surface area contributed by atoms with Crippen LogP contribution in [-0.4, -0.2) is 25.0 Å². The lowest BCUT2D eigenvalue weighted by molar-refractivity contribution is -0.118. The third kappa shape index (κ3) is 4.44. The smallest absolute Gasteiger partial charge is 0.262 e. The molecule has 130 valence electrons. The molecule has 25 heavy (non-hydrogen) atoms. The minimum absolute atomic E-state index is 0.0649. The molecule has 0 aromatic heterocycles. The van der Waals surface area contributed by atoms with Gasteiger partial charge in [0, 0.05) is 23.7 Å². The fourth-order valence-electron chi connectivity index (χ4n) is 2.58. The van der Waals surface area contributed by atoms with E-state index in [0.29, 0.717) is 40.1 Å². The SMILES string of the molecule is O=C(COc1ccc(Cl)cc1)Nc1ccc(N2CCCC2=O)c(Cl)c1. The average Bonchev–Trinajstić information content (AvgIpc) is 3.00. The van der Waals surface area contributed by atoms with Gasteiger partial charge >= 0.3 is 0 Å². The van der Waals surface area contributed by atoms with Crippen molar-refractivity contribution in [2.45, 2.75) is 12.8 Å². The molecule has 2 aromatic rings. The van der Waals surface area contributed by atoms with Gasteiger partial charge in [-0.05, 0) is 48.9 Å². The zero-order valence-electron chi connectivity index (χ0n) is 13.3. The summed E-state index contributed by atoms with van der Waals surface area (Å²) in [7, 11) is 0. The van der Waals surface area contributed by atoms with Gasteiger partial charge in [-0.25, -0.2) is 0 Å². The molecule has 1 saturated heterocycles. The Kier molecular flexibility index (Phi) is 5.46. The number of halogens is 2. The number of carbonyl (C=O) groups is 2. The lowest BCUT2D eigenvalue weighted by Gasteiger charge is -2.18. The molecular weight excluding hydrogens is 363 g/mol. The zero-order valence-corrected chi connectivity index (χ0v) is 14.8. The number of hydrogen-bond donors (Lipinski definition) is 1. The third-order valence-corrected chi connectivity index (χ3v) is 4.33. The van der Waals surface area contributed by atoms with Gasteiger partial charge in [-0.3, -0.25) is 9.59 Å². The lowest BCUT2D eigenvalue weighted by atomic mass is 10.2. The van der Waals surface area contributed by atoms with Crippen LogP contribution in [0, 0.1) is 0 Å². The summed E-state index contributed by atoms with van der Waals surface area (Å²) in [6.45, 7) is 0.533. The van der Waals surface area contributed by atoms with Gasteiger partial charge in [-0.1, -0.05) is 23.2 Å². The first-order valence-corrected chi connectivity index (χ1v) is 8.56. The summed E-state index contributed by atoms with van der Waals surface area (Å²) in [6, 6.07) is 11.8. The molecule has 1 aliphatic rings. The molecule has 0 saturated carbocycles. The van der Waals surface area contributed by atoms with E-state index >= 15 is 0 Å². The predicted molar refractivity (Wildman–Crippen MR) is 98.6 cm³/mol. The molecule has 7 heteroatoms. The average molecular weight is 379 g/mol. The molecule has 2 aromatic carbocycles. The van der Waals surface area contributed by atoms with Crippen molar-refractivity contribution in [3.63, 3.8) is 0 Å². The van der Waals surface area contributed by atoms with Gasteiger partial charge in [-0.2, -0.15) is 0 Å². The highest BCUT2D eigenvalue weighted by molar-refractivity contribution is 6.34. The number of ether oxygens (including phenoxy) is 1. The van der Waals surface area contributed by atoms with E-state index in [9.17, 15) is 9.59 Å². The van der Waals surface area contributed by atoms with Gasteiger partial charge in [0.15, 0.2) is 6.61 Å². The highest BCUT2D eigenvalue weighted by Crippen LogP contribution is 2.31. The number of carbonyl (C=O) groups excluding carboxylic acids is 2. The van der Waals surface area contributed by atoms with Crippen molar-refractivity contribution >= 4 is 46.4 Å². The van der Waals surface area contributed by atoms with E-state index in [1.54, 1.807) is 47.4 Å². The Morgan fingerprint density at radius 2 is 1.92 bits per heavy atom. The fraction of sp³-hybridized carbons (Fsp3) is 0.222. The Morgan fingerprint density at radius 3 is 2.56 bits per heavy atom. The highest BCUT2D eigenvalue weighted by atomic mass is 35.5. The molecule has 1 N–H and O–H groups in total. The number of benzene rings is 2. The standard InChI is InChI=1S/C18H16Cl2N2O3/c19-12-3-6-14(7-4-12)25-11-17(23)21-13-5-8-16(15(20)10-13)22-9-1-2-18(22)24/h3-8,10H,1-2,9,11H2,(H,21,23). The van der Waals surface area contributed by atoms with Crippen molar-refractivity contribution in [2.75, 3.05) is 23.4 Å². The molecule has 0 bridgehead atoms. The van der Waals surface area contributed by atoms with Crippen molar-refractivity contribution in [3.8, 4) is 5.75 Å². The molecule has 0 spiro atoms. The Balaban J connectivity index is 1.58. The summed E-state index contributed by atoms with van der Waals surface area (Å²) < 4.78 is 5.39. The number of hydrogen-bond acceptors (Lipinski definition) is 3. The molecule has 0 unspecified atom stereocenters. The van der Waals surface area contributed by atoms with Crippen LogP contribution in [0.2, 0.25) is 10.0 Å². The maximum absolute atomic E-state index is 12.0. The fourth-order valence-corrected chi connectivity index (χ4v) is 2.99. The van der Waals surface area contributed by atoms with Crippen LogP contribution in [0.5, 0.6) is 5.75 Å². The number of amides is 2. The predicted octanol–water partition coefficient (Wildman–Crippen LogP) is 4.14. The van der Waals surface area contributed by atoms with Crippen LogP contribution in [-0.2, 0) is 9.59 Å². The van der Waals surface area contributed by atoms with Gasteiger partial charge < -0.3 is 15.0 Å². The van der Waals surface area contributed by atoms with Crippen molar-refractivity contribution in [3.05, 3.63) is 52.5 Å². The van der Waals surface area contributed by atoms with E-state index in [-0.39, 0.29) is 18.4 Å². The maximum atomic E-state index is 12.0. The third-order valence-electron chi connectivity index (χ3n) is 3.78. The minimum atomic E-state index is -0.309. The first kappa shape index (κ1) is 17.6. The first-order chi connectivity index (χ1) is 12.0. The molecule has 0 radical (unpaired) electrons. The van der Waals surface area contributed by atoms with Gasteiger partial charge in [0.25, 0.3) is 5.91 Å². The Hall–Kier alpha value is -2.24. The van der Waals surface area contributed by atoms with E-state index in [0.717, 1.165) is 6.42 Å². The zero-order chi connectivity index (χ0) is 17.8. The van der Waals surface area contributed by atoms with E-state index in [1.807, 2.05) is 0 Å². The van der Waals surface area contributed by atoms with Crippen LogP contribution in [0.1, 0.15) is 12.8 Å². The molecule has 0 aliphatic carbocycles. The molecule has 1 aliphatic heterocycles. The van der Waals surface area contributed by atoms with Gasteiger partial charge in [-0.15, -0.1) is 0 Å². The number of nitrogens with one attached hydrogen (secondary N) is 1. The van der Waals surface area contributed by atoms with E-state index in [1.165, 1.54) is 0 Å². The molecule has 1 heterocycles. The van der Waals surface area contributed by atoms with Gasteiger partial charge in [0.05, 0.1) is 10.7 Å². The molecule has 0 atom stereocenters. The van der Waals surface area contributed by atoms with Gasteiger partial charge in [0.1, 0.15) is 5.75 Å². The maximum Gasteiger partial charge on any atom is 0.262 e. The second kappa shape index (κ2) is 7.76.